The van der Waals surface area contributed by atoms with E-state index in [1.807, 2.05) is 72.8 Å². The summed E-state index contributed by atoms with van der Waals surface area (Å²) in [5.41, 5.74) is 3.27. The zero-order chi connectivity index (χ0) is 20.2. The fraction of sp³-hybridized carbons (Fsp3) is 0.0833. The summed E-state index contributed by atoms with van der Waals surface area (Å²) < 4.78 is 0. The quantitative estimate of drug-likeness (QED) is 0.585. The highest BCUT2D eigenvalue weighted by Crippen LogP contribution is 2.27. The number of amides is 2. The third-order valence-electron chi connectivity index (χ3n) is 4.90. The van der Waals surface area contributed by atoms with Gasteiger partial charge in [-0.25, -0.2) is 0 Å². The van der Waals surface area contributed by atoms with E-state index in [0.717, 1.165) is 16.7 Å². The lowest BCUT2D eigenvalue weighted by atomic mass is 9.96. The van der Waals surface area contributed by atoms with Crippen LogP contribution in [-0.2, 0) is 9.59 Å². The Labute approximate surface area is 168 Å². The molecule has 5 heteroatoms. The molecule has 0 bridgehead atoms. The maximum Gasteiger partial charge on any atom is 0.264 e. The molecule has 4 rings (SSSR count). The second-order valence-electron chi connectivity index (χ2n) is 6.86. The van der Waals surface area contributed by atoms with Crippen molar-refractivity contribution in [1.82, 2.24) is 5.32 Å². The fourth-order valence-electron chi connectivity index (χ4n) is 3.40. The molecule has 3 N–H and O–H groups in total. The highest BCUT2D eigenvalue weighted by molar-refractivity contribution is 6.23. The number of benzene rings is 3. The van der Waals surface area contributed by atoms with Crippen LogP contribution in [-0.4, -0.2) is 16.9 Å². The number of hydrogen-bond donors (Lipinski definition) is 3. The number of nitrogens with one attached hydrogen (secondary N) is 2. The molecule has 0 saturated heterocycles. The molecule has 1 aliphatic rings. The molecule has 0 aromatic heterocycles. The largest absolute Gasteiger partial charge is 0.511 e. The molecule has 0 aliphatic carbocycles. The van der Waals surface area contributed by atoms with Gasteiger partial charge in [0.2, 0.25) is 0 Å². The summed E-state index contributed by atoms with van der Waals surface area (Å²) in [5, 5.41) is 15.9. The predicted octanol–water partition coefficient (Wildman–Crippen LogP) is 4.37. The van der Waals surface area contributed by atoms with Crippen molar-refractivity contribution in [3.63, 3.8) is 0 Å². The summed E-state index contributed by atoms with van der Waals surface area (Å²) in [5.74, 6) is -1.42. The fourth-order valence-corrected chi connectivity index (χ4v) is 3.40. The number of aliphatic hydroxyl groups excluding tert-OH is 1. The standard InChI is InChI=1S/C24H20N2O3/c27-21-15-20(18-9-5-2-6-10-18)26-24(29)22(21)23(28)25-19-13-11-17(12-14-19)16-7-3-1-4-8-16/h1-14,20,27H,15H2,(H,25,28)(H,26,29)/t20-/m1/s1. The molecule has 144 valence electrons. The average molecular weight is 384 g/mol. The highest BCUT2D eigenvalue weighted by Gasteiger charge is 2.32. The van der Waals surface area contributed by atoms with Crippen LogP contribution in [0.25, 0.3) is 11.1 Å². The van der Waals surface area contributed by atoms with E-state index in [4.69, 9.17) is 0 Å². The first kappa shape index (κ1) is 18.5. The summed E-state index contributed by atoms with van der Waals surface area (Å²) in [6.07, 6.45) is 0.172. The van der Waals surface area contributed by atoms with E-state index in [9.17, 15) is 14.7 Å². The molecule has 2 amide bonds. The minimum atomic E-state index is -0.626. The molecule has 3 aromatic rings. The Bertz CT molecular complexity index is 1060. The van der Waals surface area contributed by atoms with Gasteiger partial charge in [0.05, 0.1) is 6.04 Å². The minimum Gasteiger partial charge on any atom is -0.511 e. The van der Waals surface area contributed by atoms with Crippen molar-refractivity contribution in [2.75, 3.05) is 5.32 Å². The van der Waals surface area contributed by atoms with Gasteiger partial charge in [0, 0.05) is 12.1 Å². The molecular formula is C24H20N2O3. The van der Waals surface area contributed by atoms with Crippen molar-refractivity contribution in [3.05, 3.63) is 102 Å². The van der Waals surface area contributed by atoms with Crippen LogP contribution in [0.15, 0.2) is 96.3 Å². The number of hydrogen-bond acceptors (Lipinski definition) is 3. The van der Waals surface area contributed by atoms with Crippen LogP contribution in [0, 0.1) is 0 Å². The van der Waals surface area contributed by atoms with Crippen LogP contribution in [0.3, 0.4) is 0 Å². The molecule has 1 heterocycles. The maximum atomic E-state index is 12.6. The summed E-state index contributed by atoms with van der Waals surface area (Å²) in [6.45, 7) is 0. The normalized spacial score (nSPS) is 16.3. The van der Waals surface area contributed by atoms with Crippen LogP contribution in [0.2, 0.25) is 0 Å². The topological polar surface area (TPSA) is 78.4 Å². The Hall–Kier alpha value is -3.86. The Balaban J connectivity index is 1.49. The Morgan fingerprint density at radius 1 is 0.862 bits per heavy atom. The van der Waals surface area contributed by atoms with Gasteiger partial charge in [-0.2, -0.15) is 0 Å². The molecule has 0 saturated carbocycles. The van der Waals surface area contributed by atoms with Crippen molar-refractivity contribution in [2.24, 2.45) is 0 Å². The monoisotopic (exact) mass is 384 g/mol. The summed E-state index contributed by atoms with van der Waals surface area (Å²) >= 11 is 0. The van der Waals surface area contributed by atoms with Gasteiger partial charge in [-0.3, -0.25) is 9.59 Å². The van der Waals surface area contributed by atoms with Crippen LogP contribution in [0.4, 0.5) is 5.69 Å². The molecular weight excluding hydrogens is 364 g/mol. The van der Waals surface area contributed by atoms with Crippen LogP contribution in [0.5, 0.6) is 0 Å². The molecule has 3 aromatic carbocycles. The Morgan fingerprint density at radius 3 is 2.07 bits per heavy atom. The van der Waals surface area contributed by atoms with Gasteiger partial charge < -0.3 is 15.7 Å². The molecule has 0 radical (unpaired) electrons. The number of aliphatic hydroxyl groups is 1. The third kappa shape index (κ3) is 4.04. The van der Waals surface area contributed by atoms with E-state index in [-0.39, 0.29) is 23.8 Å². The van der Waals surface area contributed by atoms with Gasteiger partial charge in [-0.1, -0.05) is 72.8 Å². The van der Waals surface area contributed by atoms with Crippen molar-refractivity contribution < 1.29 is 14.7 Å². The SMILES string of the molecule is O=C(Nc1ccc(-c2ccccc2)cc1)C1=C(O)C[C@H](c2ccccc2)NC1=O. The molecule has 1 atom stereocenters. The van der Waals surface area contributed by atoms with E-state index in [1.54, 1.807) is 12.1 Å². The van der Waals surface area contributed by atoms with E-state index < -0.39 is 11.8 Å². The first-order chi connectivity index (χ1) is 14.1. The Morgan fingerprint density at radius 2 is 1.45 bits per heavy atom. The Kier molecular flexibility index (Phi) is 5.12. The van der Waals surface area contributed by atoms with Gasteiger partial charge in [-0.05, 0) is 28.8 Å². The number of rotatable bonds is 4. The van der Waals surface area contributed by atoms with Crippen LogP contribution in [0.1, 0.15) is 18.0 Å². The van der Waals surface area contributed by atoms with E-state index in [1.165, 1.54) is 0 Å². The molecule has 0 fully saturated rings. The van der Waals surface area contributed by atoms with E-state index >= 15 is 0 Å². The van der Waals surface area contributed by atoms with Crippen LogP contribution < -0.4 is 10.6 Å². The lowest BCUT2D eigenvalue weighted by Gasteiger charge is -2.25. The van der Waals surface area contributed by atoms with Gasteiger partial charge in [0.15, 0.2) is 0 Å². The zero-order valence-electron chi connectivity index (χ0n) is 15.6. The molecule has 1 aliphatic heterocycles. The minimum absolute atomic E-state index is 0.172. The van der Waals surface area contributed by atoms with Gasteiger partial charge >= 0.3 is 0 Å². The zero-order valence-corrected chi connectivity index (χ0v) is 15.6. The molecule has 0 unspecified atom stereocenters. The lowest BCUT2D eigenvalue weighted by Crippen LogP contribution is -2.39. The van der Waals surface area contributed by atoms with Crippen molar-refractivity contribution in [3.8, 4) is 11.1 Å². The van der Waals surface area contributed by atoms with Crippen LogP contribution >= 0.6 is 0 Å². The summed E-state index contributed by atoms with van der Waals surface area (Å²) in [4.78, 5) is 25.1. The van der Waals surface area contributed by atoms with Gasteiger partial charge in [0.25, 0.3) is 11.8 Å². The maximum absolute atomic E-state index is 12.6. The molecule has 29 heavy (non-hydrogen) atoms. The number of anilines is 1. The van der Waals surface area contributed by atoms with Crippen molar-refractivity contribution in [2.45, 2.75) is 12.5 Å². The number of carbonyl (C=O) groups is 2. The van der Waals surface area contributed by atoms with Crippen molar-refractivity contribution >= 4 is 17.5 Å². The summed E-state index contributed by atoms with van der Waals surface area (Å²) in [6, 6.07) is 26.2. The van der Waals surface area contributed by atoms with E-state index in [2.05, 4.69) is 10.6 Å². The molecule has 5 nitrogen and oxygen atoms in total. The summed E-state index contributed by atoms with van der Waals surface area (Å²) in [7, 11) is 0. The van der Waals surface area contributed by atoms with Gasteiger partial charge in [-0.15, -0.1) is 0 Å². The average Bonchev–Trinajstić information content (AvgIpc) is 2.75. The smallest absolute Gasteiger partial charge is 0.264 e. The first-order valence-electron chi connectivity index (χ1n) is 9.36. The third-order valence-corrected chi connectivity index (χ3v) is 4.90. The van der Waals surface area contributed by atoms with Crippen molar-refractivity contribution in [1.29, 1.82) is 0 Å². The lowest BCUT2D eigenvalue weighted by molar-refractivity contribution is -0.123. The first-order valence-corrected chi connectivity index (χ1v) is 9.36. The van der Waals surface area contributed by atoms with E-state index in [0.29, 0.717) is 5.69 Å². The predicted molar refractivity (Wildman–Crippen MR) is 112 cm³/mol. The second kappa shape index (κ2) is 8.02. The molecule has 0 spiro atoms. The number of carbonyl (C=O) groups excluding carboxylic acids is 2. The second-order valence-corrected chi connectivity index (χ2v) is 6.86. The highest BCUT2D eigenvalue weighted by atomic mass is 16.3. The van der Waals surface area contributed by atoms with Gasteiger partial charge in [0.1, 0.15) is 11.3 Å².